The zero-order valence-electron chi connectivity index (χ0n) is 5.44. The highest BCUT2D eigenvalue weighted by Crippen LogP contribution is 2.64. The molecule has 44 valence electrons. The summed E-state index contributed by atoms with van der Waals surface area (Å²) in [6.45, 7) is 8.25. The molecule has 8 heavy (non-hydrogen) atoms. The number of nitrogens with zero attached hydrogens (tertiary/aromatic N) is 1. The van der Waals surface area contributed by atoms with E-state index in [0.29, 0.717) is 5.54 Å². The average molecular weight is 109 g/mol. The van der Waals surface area contributed by atoms with Gasteiger partial charge < -0.3 is 4.90 Å². The molecule has 2 fully saturated rings. The predicted octanol–water partition coefficient (Wildman–Crippen LogP) is 1.37. The molecule has 1 saturated carbocycles. The van der Waals surface area contributed by atoms with Gasteiger partial charge in [-0.2, -0.15) is 0 Å². The maximum Gasteiger partial charge on any atom is 0.0599 e. The van der Waals surface area contributed by atoms with Crippen LogP contribution in [0.15, 0.2) is 12.3 Å². The Kier molecular flexibility index (Phi) is 0.459. The second kappa shape index (κ2) is 0.831. The maximum absolute atomic E-state index is 3.87. The van der Waals surface area contributed by atoms with Crippen molar-refractivity contribution in [3.8, 4) is 0 Å². The van der Waals surface area contributed by atoms with Crippen molar-refractivity contribution in [2.24, 2.45) is 0 Å². The van der Waals surface area contributed by atoms with E-state index in [1.807, 2.05) is 0 Å². The topological polar surface area (TPSA) is 3.01 Å². The number of likely N-dealkylation sites (tertiary alicyclic amines) is 1. The van der Waals surface area contributed by atoms with E-state index < -0.39 is 0 Å². The van der Waals surface area contributed by atoms with E-state index in [4.69, 9.17) is 0 Å². The van der Waals surface area contributed by atoms with Crippen LogP contribution in [0.1, 0.15) is 20.3 Å². The highest BCUT2D eigenvalue weighted by Gasteiger charge is 2.74. The van der Waals surface area contributed by atoms with Crippen molar-refractivity contribution < 1.29 is 0 Å². The standard InChI is InChI=1S/C7H11N/c1-5(2)8-6-4-7(6,8)3/h6H,1,4H2,2-3H3. The van der Waals surface area contributed by atoms with Gasteiger partial charge >= 0.3 is 0 Å². The first-order chi connectivity index (χ1) is 3.66. The molecule has 0 bridgehead atoms. The Balaban J connectivity index is 2.10. The molecule has 1 heterocycles. The molecule has 1 saturated heterocycles. The Morgan fingerprint density at radius 3 is 2.38 bits per heavy atom. The number of fused-ring (bicyclic) bond motifs is 1. The third-order valence-corrected chi connectivity index (χ3v) is 2.37. The van der Waals surface area contributed by atoms with Crippen LogP contribution in [0.2, 0.25) is 0 Å². The van der Waals surface area contributed by atoms with Crippen molar-refractivity contribution in [1.29, 1.82) is 0 Å². The Bertz CT molecular complexity index is 162. The molecule has 1 aliphatic carbocycles. The molecule has 2 rings (SSSR count). The van der Waals surface area contributed by atoms with Crippen molar-refractivity contribution in [3.63, 3.8) is 0 Å². The molecule has 0 spiro atoms. The van der Waals surface area contributed by atoms with Gasteiger partial charge in [-0.3, -0.25) is 0 Å². The van der Waals surface area contributed by atoms with Crippen LogP contribution in [0, 0.1) is 0 Å². The van der Waals surface area contributed by atoms with Crippen LogP contribution in [-0.2, 0) is 0 Å². The lowest BCUT2D eigenvalue weighted by atomic mass is 10.4. The maximum atomic E-state index is 3.87. The summed E-state index contributed by atoms with van der Waals surface area (Å²) in [6.07, 6.45) is 1.40. The van der Waals surface area contributed by atoms with E-state index in [1.165, 1.54) is 12.1 Å². The van der Waals surface area contributed by atoms with E-state index in [2.05, 4.69) is 25.3 Å². The lowest BCUT2D eigenvalue weighted by Gasteiger charge is -2.12. The third-order valence-electron chi connectivity index (χ3n) is 2.37. The first-order valence-electron chi connectivity index (χ1n) is 3.11. The fraction of sp³-hybridized carbons (Fsp3) is 0.714. The lowest BCUT2D eigenvalue weighted by molar-refractivity contribution is 0.440. The molecule has 1 aliphatic heterocycles. The fourth-order valence-corrected chi connectivity index (χ4v) is 1.62. The van der Waals surface area contributed by atoms with Crippen molar-refractivity contribution in [3.05, 3.63) is 12.3 Å². The largest absolute Gasteiger partial charge is 0.363 e. The van der Waals surface area contributed by atoms with Crippen LogP contribution in [0.4, 0.5) is 0 Å². The van der Waals surface area contributed by atoms with Gasteiger partial charge in [0.15, 0.2) is 0 Å². The Hall–Kier alpha value is -0.460. The minimum atomic E-state index is 0.589. The van der Waals surface area contributed by atoms with E-state index in [-0.39, 0.29) is 0 Å². The van der Waals surface area contributed by atoms with Gasteiger partial charge in [0.1, 0.15) is 0 Å². The molecular weight excluding hydrogens is 98.1 g/mol. The summed E-state index contributed by atoms with van der Waals surface area (Å²) in [5.41, 5.74) is 1.83. The molecule has 1 heteroatoms. The predicted molar refractivity (Wildman–Crippen MR) is 33.5 cm³/mol. The Morgan fingerprint density at radius 1 is 1.88 bits per heavy atom. The van der Waals surface area contributed by atoms with Crippen molar-refractivity contribution in [2.45, 2.75) is 31.8 Å². The summed E-state index contributed by atoms with van der Waals surface area (Å²) >= 11 is 0. The molecule has 0 aromatic heterocycles. The molecule has 2 aliphatic rings. The van der Waals surface area contributed by atoms with Crippen LogP contribution in [0.25, 0.3) is 0 Å². The van der Waals surface area contributed by atoms with E-state index in [1.54, 1.807) is 0 Å². The second-order valence-electron chi connectivity index (χ2n) is 3.18. The molecule has 0 radical (unpaired) electrons. The molecule has 0 N–H and O–H groups in total. The summed E-state index contributed by atoms with van der Waals surface area (Å²) in [4.78, 5) is 2.38. The second-order valence-corrected chi connectivity index (χ2v) is 3.18. The molecule has 0 amide bonds. The lowest BCUT2D eigenvalue weighted by Crippen LogP contribution is -2.11. The normalized spacial score (nSPS) is 48.2. The quantitative estimate of drug-likeness (QED) is 0.459. The molecule has 2 atom stereocenters. The van der Waals surface area contributed by atoms with Gasteiger partial charge in [0, 0.05) is 5.70 Å². The summed E-state index contributed by atoms with van der Waals surface area (Å²) in [7, 11) is 0. The van der Waals surface area contributed by atoms with Gasteiger partial charge in [-0.15, -0.1) is 0 Å². The van der Waals surface area contributed by atoms with Crippen molar-refractivity contribution in [1.82, 2.24) is 4.90 Å². The molecule has 2 unspecified atom stereocenters. The average Bonchev–Trinajstić information content (AvgIpc) is 2.23. The van der Waals surface area contributed by atoms with Gasteiger partial charge in [-0.1, -0.05) is 6.58 Å². The fourth-order valence-electron chi connectivity index (χ4n) is 1.62. The van der Waals surface area contributed by atoms with Gasteiger partial charge in [-0.25, -0.2) is 0 Å². The summed E-state index contributed by atoms with van der Waals surface area (Å²) < 4.78 is 0. The van der Waals surface area contributed by atoms with Gasteiger partial charge in [-0.05, 0) is 20.3 Å². The van der Waals surface area contributed by atoms with Crippen molar-refractivity contribution >= 4 is 0 Å². The van der Waals surface area contributed by atoms with Crippen LogP contribution in [0.3, 0.4) is 0 Å². The first kappa shape index (κ1) is 4.42. The molecule has 1 nitrogen and oxygen atoms in total. The SMILES string of the molecule is C=C(C)N1C2CC21C. The summed E-state index contributed by atoms with van der Waals surface area (Å²) in [5, 5.41) is 0. The number of hydrogen-bond donors (Lipinski definition) is 0. The van der Waals surface area contributed by atoms with Crippen LogP contribution < -0.4 is 0 Å². The zero-order valence-corrected chi connectivity index (χ0v) is 5.44. The highest BCUT2D eigenvalue weighted by atomic mass is 15.5. The van der Waals surface area contributed by atoms with Gasteiger partial charge in [0.2, 0.25) is 0 Å². The summed E-state index contributed by atoms with van der Waals surface area (Å²) in [6, 6.07) is 0.889. The minimum absolute atomic E-state index is 0.589. The Morgan fingerprint density at radius 2 is 2.38 bits per heavy atom. The number of hydrogen-bond acceptors (Lipinski definition) is 1. The molecule has 0 aromatic carbocycles. The van der Waals surface area contributed by atoms with E-state index >= 15 is 0 Å². The number of allylic oxidation sites excluding steroid dienone is 1. The monoisotopic (exact) mass is 109 g/mol. The highest BCUT2D eigenvalue weighted by molar-refractivity contribution is 5.36. The van der Waals surface area contributed by atoms with E-state index in [9.17, 15) is 0 Å². The summed E-state index contributed by atoms with van der Waals surface area (Å²) in [5.74, 6) is 0. The van der Waals surface area contributed by atoms with Crippen LogP contribution in [-0.4, -0.2) is 16.5 Å². The van der Waals surface area contributed by atoms with Gasteiger partial charge in [0.05, 0.1) is 11.6 Å². The van der Waals surface area contributed by atoms with Crippen LogP contribution in [0.5, 0.6) is 0 Å². The van der Waals surface area contributed by atoms with E-state index in [0.717, 1.165) is 6.04 Å². The van der Waals surface area contributed by atoms with Crippen molar-refractivity contribution in [2.75, 3.05) is 0 Å². The van der Waals surface area contributed by atoms with Gasteiger partial charge in [0.25, 0.3) is 0 Å². The molecular formula is C7H11N. The number of rotatable bonds is 1. The smallest absolute Gasteiger partial charge is 0.0599 e. The van der Waals surface area contributed by atoms with Crippen LogP contribution >= 0.6 is 0 Å². The third kappa shape index (κ3) is 0.271. The Labute approximate surface area is 50.0 Å². The minimum Gasteiger partial charge on any atom is -0.363 e. The first-order valence-corrected chi connectivity index (χ1v) is 3.11. The molecule has 0 aromatic rings. The zero-order chi connectivity index (χ0) is 5.94.